The van der Waals surface area contributed by atoms with Crippen molar-refractivity contribution >= 4 is 0 Å². The number of hydrogen-bond donors (Lipinski definition) is 1. The van der Waals surface area contributed by atoms with Gasteiger partial charge in [-0.1, -0.05) is 24.3 Å². The number of methoxy groups -OCH3 is 1. The standard InChI is InChI=1S/C20H27N3O2/c1-14-15(2)21-19(22-20(14)24)18-6-4-16(5-7-18)12-23-10-8-17(9-11-23)13-25-3/h4-7,17H,8-13H2,1-3H3,(H,21,22,24). The first kappa shape index (κ1) is 17.8. The third-order valence-electron chi connectivity index (χ3n) is 5.14. The maximum absolute atomic E-state index is 11.9. The Morgan fingerprint density at radius 2 is 1.88 bits per heavy atom. The van der Waals surface area contributed by atoms with Crippen LogP contribution >= 0.6 is 0 Å². The number of nitrogens with zero attached hydrogens (tertiary/aromatic N) is 2. The average molecular weight is 341 g/mol. The summed E-state index contributed by atoms with van der Waals surface area (Å²) >= 11 is 0. The van der Waals surface area contributed by atoms with Crippen LogP contribution in [-0.4, -0.2) is 41.7 Å². The highest BCUT2D eigenvalue weighted by Gasteiger charge is 2.19. The minimum atomic E-state index is -0.0643. The van der Waals surface area contributed by atoms with Crippen molar-refractivity contribution in [2.75, 3.05) is 26.8 Å². The lowest BCUT2D eigenvalue weighted by Crippen LogP contribution is -2.34. The van der Waals surface area contributed by atoms with Gasteiger partial charge in [-0.3, -0.25) is 9.69 Å². The third-order valence-corrected chi connectivity index (χ3v) is 5.14. The van der Waals surface area contributed by atoms with E-state index in [1.54, 1.807) is 14.0 Å². The van der Waals surface area contributed by atoms with Crippen molar-refractivity contribution in [3.8, 4) is 11.4 Å². The summed E-state index contributed by atoms with van der Waals surface area (Å²) in [6.45, 7) is 7.77. The number of aryl methyl sites for hydroxylation is 1. The molecule has 1 aromatic carbocycles. The summed E-state index contributed by atoms with van der Waals surface area (Å²) in [5.74, 6) is 1.34. The minimum absolute atomic E-state index is 0.0643. The lowest BCUT2D eigenvalue weighted by Gasteiger charge is -2.31. The summed E-state index contributed by atoms with van der Waals surface area (Å²) in [5.41, 5.74) is 3.63. The molecule has 3 rings (SSSR count). The van der Waals surface area contributed by atoms with Gasteiger partial charge in [0.25, 0.3) is 5.56 Å². The first-order chi connectivity index (χ1) is 12.1. The summed E-state index contributed by atoms with van der Waals surface area (Å²) in [5, 5.41) is 0. The smallest absolute Gasteiger partial charge is 0.254 e. The number of hydrogen-bond acceptors (Lipinski definition) is 4. The van der Waals surface area contributed by atoms with Crippen LogP contribution < -0.4 is 5.56 Å². The molecule has 2 heterocycles. The quantitative estimate of drug-likeness (QED) is 0.908. The minimum Gasteiger partial charge on any atom is -0.384 e. The van der Waals surface area contributed by atoms with Gasteiger partial charge in [-0.15, -0.1) is 0 Å². The van der Waals surface area contributed by atoms with E-state index in [1.807, 2.05) is 19.1 Å². The van der Waals surface area contributed by atoms with Crippen molar-refractivity contribution in [3.05, 3.63) is 51.4 Å². The molecule has 0 bridgehead atoms. The van der Waals surface area contributed by atoms with Gasteiger partial charge < -0.3 is 9.72 Å². The number of aromatic amines is 1. The maximum atomic E-state index is 11.9. The van der Waals surface area contributed by atoms with Crippen LogP contribution in [0.4, 0.5) is 0 Å². The summed E-state index contributed by atoms with van der Waals surface area (Å²) < 4.78 is 5.26. The molecule has 2 aromatic rings. The Labute approximate surface area is 149 Å². The fourth-order valence-corrected chi connectivity index (χ4v) is 3.35. The van der Waals surface area contributed by atoms with Gasteiger partial charge in [0.1, 0.15) is 5.82 Å². The lowest BCUT2D eigenvalue weighted by molar-refractivity contribution is 0.0968. The molecule has 1 fully saturated rings. The molecule has 1 aliphatic rings. The monoisotopic (exact) mass is 341 g/mol. The van der Waals surface area contributed by atoms with Gasteiger partial charge in [-0.25, -0.2) is 4.98 Å². The van der Waals surface area contributed by atoms with Gasteiger partial charge in [-0.05, 0) is 51.3 Å². The Kier molecular flexibility index (Phi) is 5.66. The van der Waals surface area contributed by atoms with E-state index in [2.05, 4.69) is 27.0 Å². The Morgan fingerprint density at radius 1 is 1.20 bits per heavy atom. The molecule has 0 aliphatic carbocycles. The number of ether oxygens (including phenoxy) is 1. The van der Waals surface area contributed by atoms with Gasteiger partial charge >= 0.3 is 0 Å². The Bertz CT molecular complexity index is 760. The zero-order valence-electron chi connectivity index (χ0n) is 15.3. The third kappa shape index (κ3) is 4.35. The number of aromatic nitrogens is 2. The number of piperidine rings is 1. The normalized spacial score (nSPS) is 16.3. The van der Waals surface area contributed by atoms with Crippen molar-refractivity contribution in [2.45, 2.75) is 33.2 Å². The molecule has 0 saturated carbocycles. The van der Waals surface area contributed by atoms with Crippen LogP contribution in [0.15, 0.2) is 29.1 Å². The van der Waals surface area contributed by atoms with Crippen molar-refractivity contribution < 1.29 is 4.74 Å². The summed E-state index contributed by atoms with van der Waals surface area (Å²) in [6.07, 6.45) is 2.42. The molecular formula is C20H27N3O2. The molecule has 5 heteroatoms. The summed E-state index contributed by atoms with van der Waals surface area (Å²) in [6, 6.07) is 8.34. The second-order valence-electron chi connectivity index (χ2n) is 7.00. The molecule has 0 radical (unpaired) electrons. The first-order valence-corrected chi connectivity index (χ1v) is 8.95. The molecule has 0 amide bonds. The maximum Gasteiger partial charge on any atom is 0.254 e. The second-order valence-corrected chi connectivity index (χ2v) is 7.00. The number of likely N-dealkylation sites (tertiary alicyclic amines) is 1. The lowest BCUT2D eigenvalue weighted by atomic mass is 9.97. The van der Waals surface area contributed by atoms with E-state index in [1.165, 1.54) is 18.4 Å². The molecule has 25 heavy (non-hydrogen) atoms. The average Bonchev–Trinajstić information content (AvgIpc) is 2.62. The molecule has 1 saturated heterocycles. The Balaban J connectivity index is 1.64. The van der Waals surface area contributed by atoms with Crippen LogP contribution in [0.3, 0.4) is 0 Å². The van der Waals surface area contributed by atoms with Crippen molar-refractivity contribution in [3.63, 3.8) is 0 Å². The summed E-state index contributed by atoms with van der Waals surface area (Å²) in [4.78, 5) is 21.8. The number of nitrogens with one attached hydrogen (secondary N) is 1. The predicted molar refractivity (Wildman–Crippen MR) is 99.6 cm³/mol. The fourth-order valence-electron chi connectivity index (χ4n) is 3.35. The number of H-pyrrole nitrogens is 1. The summed E-state index contributed by atoms with van der Waals surface area (Å²) in [7, 11) is 1.78. The van der Waals surface area contributed by atoms with Gasteiger partial charge in [0, 0.05) is 37.1 Å². The van der Waals surface area contributed by atoms with Crippen LogP contribution in [0.5, 0.6) is 0 Å². The number of rotatable bonds is 5. The zero-order chi connectivity index (χ0) is 17.8. The van der Waals surface area contributed by atoms with Crippen LogP contribution in [0.2, 0.25) is 0 Å². The molecule has 0 atom stereocenters. The van der Waals surface area contributed by atoms with E-state index >= 15 is 0 Å². The zero-order valence-corrected chi connectivity index (χ0v) is 15.3. The molecule has 0 unspecified atom stereocenters. The van der Waals surface area contributed by atoms with E-state index < -0.39 is 0 Å². The largest absolute Gasteiger partial charge is 0.384 e. The van der Waals surface area contributed by atoms with Crippen molar-refractivity contribution in [2.24, 2.45) is 5.92 Å². The molecule has 134 valence electrons. The topological polar surface area (TPSA) is 58.2 Å². The Hall–Kier alpha value is -1.98. The SMILES string of the molecule is COCC1CCN(Cc2ccc(-c3nc(C)c(C)c(=O)[nH]3)cc2)CC1. The molecule has 0 spiro atoms. The van der Waals surface area contributed by atoms with Crippen LogP contribution in [0, 0.1) is 19.8 Å². The first-order valence-electron chi connectivity index (χ1n) is 8.95. The van der Waals surface area contributed by atoms with E-state index in [4.69, 9.17) is 4.74 Å². The predicted octanol–water partition coefficient (Wildman–Crippen LogP) is 2.91. The molecule has 5 nitrogen and oxygen atoms in total. The van der Waals surface area contributed by atoms with E-state index in [-0.39, 0.29) is 5.56 Å². The van der Waals surface area contributed by atoms with Crippen LogP contribution in [-0.2, 0) is 11.3 Å². The van der Waals surface area contributed by atoms with Gasteiger partial charge in [0.05, 0.1) is 0 Å². The number of benzene rings is 1. The highest BCUT2D eigenvalue weighted by Crippen LogP contribution is 2.21. The molecular weight excluding hydrogens is 314 g/mol. The molecule has 1 aromatic heterocycles. The van der Waals surface area contributed by atoms with E-state index in [9.17, 15) is 4.79 Å². The van der Waals surface area contributed by atoms with Gasteiger partial charge in [-0.2, -0.15) is 0 Å². The fraction of sp³-hybridized carbons (Fsp3) is 0.500. The highest BCUT2D eigenvalue weighted by atomic mass is 16.5. The van der Waals surface area contributed by atoms with E-state index in [0.717, 1.165) is 37.5 Å². The van der Waals surface area contributed by atoms with Crippen LogP contribution in [0.25, 0.3) is 11.4 Å². The Morgan fingerprint density at radius 3 is 2.48 bits per heavy atom. The van der Waals surface area contributed by atoms with Gasteiger partial charge in [0.2, 0.25) is 0 Å². The van der Waals surface area contributed by atoms with Crippen molar-refractivity contribution in [1.82, 2.24) is 14.9 Å². The molecule has 1 N–H and O–H groups in total. The van der Waals surface area contributed by atoms with E-state index in [0.29, 0.717) is 17.3 Å². The van der Waals surface area contributed by atoms with Crippen LogP contribution in [0.1, 0.15) is 29.7 Å². The van der Waals surface area contributed by atoms with Gasteiger partial charge in [0.15, 0.2) is 0 Å². The molecule has 1 aliphatic heterocycles. The van der Waals surface area contributed by atoms with Crippen molar-refractivity contribution in [1.29, 1.82) is 0 Å². The highest BCUT2D eigenvalue weighted by molar-refractivity contribution is 5.55. The second kappa shape index (κ2) is 7.93.